The Morgan fingerprint density at radius 3 is 2.31 bits per heavy atom. The summed E-state index contributed by atoms with van der Waals surface area (Å²) in [6, 6.07) is 14.0. The normalized spacial score (nSPS) is 22.2. The summed E-state index contributed by atoms with van der Waals surface area (Å²) in [5.74, 6) is -0.639. The van der Waals surface area contributed by atoms with Crippen LogP contribution in [0.4, 0.5) is 5.69 Å². The first kappa shape index (κ1) is 35.7. The summed E-state index contributed by atoms with van der Waals surface area (Å²) >= 11 is 0. The Hall–Kier alpha value is -3.79. The molecule has 0 spiro atoms. The molecule has 45 heavy (non-hydrogen) atoms. The molecule has 0 aliphatic carbocycles. The summed E-state index contributed by atoms with van der Waals surface area (Å²) in [6.07, 6.45) is -5.48. The molecule has 2 aromatic carbocycles. The second-order valence-corrected chi connectivity index (χ2v) is 11.4. The number of ether oxygens (including phenoxy) is 2. The van der Waals surface area contributed by atoms with Gasteiger partial charge in [-0.05, 0) is 42.8 Å². The fourth-order valence-corrected chi connectivity index (χ4v) is 4.53. The van der Waals surface area contributed by atoms with Crippen molar-refractivity contribution in [3.8, 4) is 5.75 Å². The van der Waals surface area contributed by atoms with E-state index in [0.29, 0.717) is 23.4 Å². The van der Waals surface area contributed by atoms with Gasteiger partial charge < -0.3 is 45.9 Å². The van der Waals surface area contributed by atoms with Crippen molar-refractivity contribution in [2.75, 3.05) is 25.1 Å². The van der Waals surface area contributed by atoms with Gasteiger partial charge in [0.1, 0.15) is 36.3 Å². The fraction of sp³-hybridized carbons (Fsp3) is 0.516. The number of carbonyl (C=O) groups excluding carboxylic acids is 3. The van der Waals surface area contributed by atoms with E-state index in [9.17, 15) is 34.8 Å². The zero-order valence-electron chi connectivity index (χ0n) is 26.0. The second-order valence-electron chi connectivity index (χ2n) is 11.4. The van der Waals surface area contributed by atoms with Crippen LogP contribution in [0.25, 0.3) is 0 Å². The van der Waals surface area contributed by atoms with Crippen LogP contribution in [0.3, 0.4) is 0 Å². The standard InChI is InChI=1S/C31H45N5O9/c1-5-31(3,4)30(43)36(33-18-32-28(42)20-9-7-6-8-10-20)16-15-24(39)35-21-11-13-22(14-12-21)44-29-25(34-19(2)38)27(41)26(40)23(17-37)45-29/h6-14,23-27,29,33,35,37,39-41H,5,15-18H2,1-4H3,(H,32,42)(H,34,38). The highest BCUT2D eigenvalue weighted by atomic mass is 16.7. The van der Waals surface area contributed by atoms with E-state index in [-0.39, 0.29) is 31.4 Å². The van der Waals surface area contributed by atoms with E-state index in [2.05, 4.69) is 21.4 Å². The SMILES string of the molecule is CCC(C)(C)C(=O)N(CCC(O)Nc1ccc(OC2OC(CO)C(O)C(O)C2NC(C)=O)cc1)NCNC(=O)c1ccccc1. The largest absolute Gasteiger partial charge is 0.463 e. The highest BCUT2D eigenvalue weighted by Gasteiger charge is 2.46. The van der Waals surface area contributed by atoms with Gasteiger partial charge in [0.15, 0.2) is 0 Å². The molecule has 0 radical (unpaired) electrons. The number of aliphatic hydroxyl groups is 4. The van der Waals surface area contributed by atoms with Crippen LogP contribution in [0.5, 0.6) is 5.75 Å². The zero-order chi connectivity index (χ0) is 33.1. The van der Waals surface area contributed by atoms with Gasteiger partial charge in [-0.15, -0.1) is 0 Å². The van der Waals surface area contributed by atoms with Crippen LogP contribution in [-0.4, -0.2) is 99.8 Å². The average molecular weight is 632 g/mol. The lowest BCUT2D eigenvalue weighted by atomic mass is 9.89. The quantitative estimate of drug-likeness (QED) is 0.0992. The molecular weight excluding hydrogens is 586 g/mol. The maximum atomic E-state index is 13.2. The number of aliphatic hydroxyl groups excluding tert-OH is 4. The number of hydrogen-bond donors (Lipinski definition) is 8. The highest BCUT2D eigenvalue weighted by Crippen LogP contribution is 2.26. The van der Waals surface area contributed by atoms with E-state index in [1.54, 1.807) is 48.5 Å². The van der Waals surface area contributed by atoms with E-state index in [0.717, 1.165) is 0 Å². The third-order valence-corrected chi connectivity index (χ3v) is 7.58. The maximum Gasteiger partial charge on any atom is 0.252 e. The number of hydrazine groups is 1. The van der Waals surface area contributed by atoms with Gasteiger partial charge >= 0.3 is 0 Å². The van der Waals surface area contributed by atoms with Crippen molar-refractivity contribution in [2.45, 2.75) is 77.4 Å². The van der Waals surface area contributed by atoms with Gasteiger partial charge in [-0.25, -0.2) is 5.43 Å². The first-order valence-corrected chi connectivity index (χ1v) is 14.9. The van der Waals surface area contributed by atoms with Crippen molar-refractivity contribution in [1.82, 2.24) is 21.1 Å². The minimum Gasteiger partial charge on any atom is -0.463 e. The molecule has 0 bridgehead atoms. The van der Waals surface area contributed by atoms with Crippen LogP contribution in [0.1, 0.15) is 50.9 Å². The molecule has 6 unspecified atom stereocenters. The fourth-order valence-electron chi connectivity index (χ4n) is 4.53. The molecular formula is C31H45N5O9. The number of carbonyl (C=O) groups is 3. The predicted molar refractivity (Wildman–Crippen MR) is 164 cm³/mol. The van der Waals surface area contributed by atoms with Gasteiger partial charge in [-0.3, -0.25) is 19.4 Å². The molecule has 248 valence electrons. The number of nitrogens with zero attached hydrogens (tertiary/aromatic N) is 1. The molecule has 6 atom stereocenters. The number of nitrogens with one attached hydrogen (secondary N) is 4. The molecule has 1 saturated heterocycles. The van der Waals surface area contributed by atoms with E-state index in [1.807, 2.05) is 26.8 Å². The van der Waals surface area contributed by atoms with Crippen LogP contribution >= 0.6 is 0 Å². The van der Waals surface area contributed by atoms with Crippen LogP contribution in [0.15, 0.2) is 54.6 Å². The molecule has 14 nitrogen and oxygen atoms in total. The van der Waals surface area contributed by atoms with Crippen molar-refractivity contribution in [1.29, 1.82) is 0 Å². The number of rotatable bonds is 15. The van der Waals surface area contributed by atoms with Crippen molar-refractivity contribution in [2.24, 2.45) is 5.41 Å². The summed E-state index contributed by atoms with van der Waals surface area (Å²) in [5.41, 5.74) is 3.32. The lowest BCUT2D eigenvalue weighted by Crippen LogP contribution is -2.65. The van der Waals surface area contributed by atoms with E-state index < -0.39 is 54.8 Å². The Bertz CT molecular complexity index is 1250. The Kier molecular flexibility index (Phi) is 13.1. The van der Waals surface area contributed by atoms with E-state index in [1.165, 1.54) is 11.9 Å². The summed E-state index contributed by atoms with van der Waals surface area (Å²) in [4.78, 5) is 37.3. The van der Waals surface area contributed by atoms with Crippen LogP contribution in [0, 0.1) is 5.41 Å². The molecule has 3 rings (SSSR count). The van der Waals surface area contributed by atoms with Gasteiger partial charge in [0.2, 0.25) is 18.1 Å². The van der Waals surface area contributed by atoms with Gasteiger partial charge in [0, 0.05) is 36.6 Å². The summed E-state index contributed by atoms with van der Waals surface area (Å²) < 4.78 is 11.4. The molecule has 1 heterocycles. The lowest BCUT2D eigenvalue weighted by molar-refractivity contribution is -0.244. The molecule has 8 N–H and O–H groups in total. The maximum absolute atomic E-state index is 13.2. The van der Waals surface area contributed by atoms with Crippen molar-refractivity contribution >= 4 is 23.4 Å². The number of anilines is 1. The predicted octanol–water partition coefficient (Wildman–Crippen LogP) is 0.286. The van der Waals surface area contributed by atoms with Crippen molar-refractivity contribution in [3.63, 3.8) is 0 Å². The van der Waals surface area contributed by atoms with Crippen LogP contribution in [-0.2, 0) is 14.3 Å². The zero-order valence-corrected chi connectivity index (χ0v) is 26.0. The minimum absolute atomic E-state index is 0.00674. The summed E-state index contributed by atoms with van der Waals surface area (Å²) in [6.45, 7) is 6.40. The number of amides is 3. The molecule has 2 aromatic rings. The molecule has 3 amide bonds. The van der Waals surface area contributed by atoms with Gasteiger partial charge in [-0.2, -0.15) is 0 Å². The Balaban J connectivity index is 1.57. The lowest BCUT2D eigenvalue weighted by Gasteiger charge is -2.42. The van der Waals surface area contributed by atoms with E-state index >= 15 is 0 Å². The van der Waals surface area contributed by atoms with Gasteiger partial charge in [0.05, 0.1) is 13.3 Å². The molecule has 14 heteroatoms. The minimum atomic E-state index is -1.44. The Morgan fingerprint density at radius 1 is 1.04 bits per heavy atom. The monoisotopic (exact) mass is 631 g/mol. The smallest absolute Gasteiger partial charge is 0.252 e. The van der Waals surface area contributed by atoms with Gasteiger partial charge in [-0.1, -0.05) is 39.0 Å². The first-order valence-electron chi connectivity index (χ1n) is 14.9. The van der Waals surface area contributed by atoms with Gasteiger partial charge in [0.25, 0.3) is 5.91 Å². The first-order chi connectivity index (χ1) is 21.4. The number of benzene rings is 2. The Labute approximate surface area is 262 Å². The highest BCUT2D eigenvalue weighted by molar-refractivity contribution is 5.94. The van der Waals surface area contributed by atoms with Crippen molar-refractivity contribution < 1.29 is 44.3 Å². The summed E-state index contributed by atoms with van der Waals surface area (Å²) in [7, 11) is 0. The third kappa shape index (κ3) is 10.1. The molecule has 1 aliphatic heterocycles. The Morgan fingerprint density at radius 2 is 1.71 bits per heavy atom. The summed E-state index contributed by atoms with van der Waals surface area (Å²) in [5, 5.41) is 50.4. The van der Waals surface area contributed by atoms with Crippen molar-refractivity contribution in [3.05, 3.63) is 60.2 Å². The van der Waals surface area contributed by atoms with Crippen LogP contribution < -0.4 is 26.1 Å². The number of hydrogen-bond acceptors (Lipinski definition) is 11. The third-order valence-electron chi connectivity index (χ3n) is 7.58. The topological polar surface area (TPSA) is 202 Å². The molecule has 1 fully saturated rings. The molecule has 0 aromatic heterocycles. The average Bonchev–Trinajstić information content (AvgIpc) is 3.03. The molecule has 0 saturated carbocycles. The molecule has 1 aliphatic rings. The van der Waals surface area contributed by atoms with Crippen LogP contribution in [0.2, 0.25) is 0 Å². The van der Waals surface area contributed by atoms with E-state index in [4.69, 9.17) is 9.47 Å². The second kappa shape index (κ2) is 16.5.